The van der Waals surface area contributed by atoms with Gasteiger partial charge in [0.15, 0.2) is 0 Å². The Kier molecular flexibility index (Phi) is 5.56. The van der Waals surface area contributed by atoms with E-state index in [0.717, 1.165) is 18.4 Å². The van der Waals surface area contributed by atoms with Crippen molar-refractivity contribution in [3.8, 4) is 0 Å². The topological polar surface area (TPSA) is 77.8 Å². The summed E-state index contributed by atoms with van der Waals surface area (Å²) in [7, 11) is 0. The van der Waals surface area contributed by atoms with Crippen LogP contribution < -0.4 is 0 Å². The van der Waals surface area contributed by atoms with Gasteiger partial charge < -0.3 is 15.3 Å². The highest BCUT2D eigenvalue weighted by atomic mass is 16.4. The number of aliphatic hydroxyl groups is 2. The zero-order chi connectivity index (χ0) is 13.7. The van der Waals surface area contributed by atoms with Crippen LogP contribution in [0.5, 0.6) is 0 Å². The van der Waals surface area contributed by atoms with E-state index in [4.69, 9.17) is 10.2 Å². The second kappa shape index (κ2) is 6.71. The van der Waals surface area contributed by atoms with Gasteiger partial charge >= 0.3 is 5.97 Å². The van der Waals surface area contributed by atoms with E-state index in [1.807, 2.05) is 6.08 Å². The molecule has 0 aliphatic heterocycles. The smallest absolute Gasteiger partial charge is 0.333 e. The molecular weight excluding hydrogens is 232 g/mol. The van der Waals surface area contributed by atoms with Crippen LogP contribution in [0.4, 0.5) is 0 Å². The highest BCUT2D eigenvalue weighted by molar-refractivity contribution is 5.86. The van der Waals surface area contributed by atoms with E-state index in [1.54, 1.807) is 6.08 Å². The van der Waals surface area contributed by atoms with Crippen LogP contribution in [-0.2, 0) is 4.79 Å². The van der Waals surface area contributed by atoms with Gasteiger partial charge in [-0.1, -0.05) is 26.0 Å². The Morgan fingerprint density at radius 3 is 2.61 bits per heavy atom. The molecule has 0 fully saturated rings. The molecule has 0 saturated carbocycles. The summed E-state index contributed by atoms with van der Waals surface area (Å²) in [5.74, 6) is -0.290. The highest BCUT2D eigenvalue weighted by Gasteiger charge is 2.26. The molecule has 3 N–H and O–H groups in total. The van der Waals surface area contributed by atoms with E-state index in [2.05, 4.69) is 13.8 Å². The molecule has 0 heterocycles. The Morgan fingerprint density at radius 2 is 2.17 bits per heavy atom. The summed E-state index contributed by atoms with van der Waals surface area (Å²) in [6.45, 7) is 3.79. The maximum atomic E-state index is 10.9. The van der Waals surface area contributed by atoms with Crippen molar-refractivity contribution in [1.29, 1.82) is 0 Å². The maximum Gasteiger partial charge on any atom is 0.333 e. The molecule has 18 heavy (non-hydrogen) atoms. The van der Waals surface area contributed by atoms with Gasteiger partial charge in [0.1, 0.15) is 0 Å². The first-order chi connectivity index (χ1) is 8.49. The molecule has 0 aromatic carbocycles. The Balaban J connectivity index is 3.01. The normalized spacial score (nSPS) is 25.2. The van der Waals surface area contributed by atoms with Gasteiger partial charge in [-0.05, 0) is 36.2 Å². The van der Waals surface area contributed by atoms with Gasteiger partial charge in [-0.3, -0.25) is 0 Å². The summed E-state index contributed by atoms with van der Waals surface area (Å²) in [5, 5.41) is 27.2. The molecule has 4 nitrogen and oxygen atoms in total. The molecule has 0 aromatic heterocycles. The highest BCUT2D eigenvalue weighted by Crippen LogP contribution is 2.35. The summed E-state index contributed by atoms with van der Waals surface area (Å²) in [5.41, 5.74) is 0.983. The zero-order valence-corrected chi connectivity index (χ0v) is 11.0. The number of carboxylic acid groups (broad SMARTS) is 1. The van der Waals surface area contributed by atoms with Crippen molar-refractivity contribution in [3.05, 3.63) is 23.3 Å². The fourth-order valence-electron chi connectivity index (χ4n) is 2.53. The number of carboxylic acids is 1. The number of rotatable bonds is 5. The van der Waals surface area contributed by atoms with Crippen LogP contribution in [0.1, 0.15) is 26.7 Å². The van der Waals surface area contributed by atoms with Gasteiger partial charge in [0, 0.05) is 0 Å². The third kappa shape index (κ3) is 3.68. The van der Waals surface area contributed by atoms with Crippen LogP contribution >= 0.6 is 0 Å². The Morgan fingerprint density at radius 1 is 1.50 bits per heavy atom. The summed E-state index contributed by atoms with van der Waals surface area (Å²) < 4.78 is 0. The monoisotopic (exact) mass is 254 g/mol. The predicted molar refractivity (Wildman–Crippen MR) is 69.0 cm³/mol. The van der Waals surface area contributed by atoms with Gasteiger partial charge in [0.05, 0.1) is 18.8 Å². The average Bonchev–Trinajstić information content (AvgIpc) is 2.34. The van der Waals surface area contributed by atoms with Crippen molar-refractivity contribution in [2.24, 2.45) is 17.8 Å². The largest absolute Gasteiger partial charge is 0.478 e. The van der Waals surface area contributed by atoms with E-state index in [9.17, 15) is 9.90 Å². The minimum Gasteiger partial charge on any atom is -0.478 e. The Labute approximate surface area is 108 Å². The third-order valence-electron chi connectivity index (χ3n) is 3.62. The third-order valence-corrected chi connectivity index (χ3v) is 3.62. The van der Waals surface area contributed by atoms with Gasteiger partial charge in [-0.25, -0.2) is 4.79 Å². The van der Waals surface area contributed by atoms with Gasteiger partial charge in [-0.2, -0.15) is 0 Å². The lowest BCUT2D eigenvalue weighted by atomic mass is 9.74. The lowest BCUT2D eigenvalue weighted by Crippen LogP contribution is -2.23. The van der Waals surface area contributed by atoms with Crippen LogP contribution in [0.2, 0.25) is 0 Å². The van der Waals surface area contributed by atoms with E-state index in [0.29, 0.717) is 11.8 Å². The van der Waals surface area contributed by atoms with Crippen LogP contribution in [0.3, 0.4) is 0 Å². The standard InChI is InChI=1S/C14H22O4/c1-9(2)13-4-3-10(7-15)5-11(13)6-12(8-16)14(17)18/h5-6,9,11,13,15-16H,3-4,7-8H2,1-2H3,(H,17,18). The van der Waals surface area contributed by atoms with E-state index < -0.39 is 12.6 Å². The molecule has 0 bridgehead atoms. The molecule has 0 aromatic rings. The molecule has 1 aliphatic rings. The first-order valence-electron chi connectivity index (χ1n) is 6.34. The maximum absolute atomic E-state index is 10.9. The van der Waals surface area contributed by atoms with Crippen LogP contribution in [-0.4, -0.2) is 34.5 Å². The average molecular weight is 254 g/mol. The second-order valence-corrected chi connectivity index (χ2v) is 5.16. The summed E-state index contributed by atoms with van der Waals surface area (Å²) in [6.07, 6.45) is 5.39. The first kappa shape index (κ1) is 14.9. The molecule has 0 saturated heterocycles. The fourth-order valence-corrected chi connectivity index (χ4v) is 2.53. The number of aliphatic carboxylic acids is 1. The van der Waals surface area contributed by atoms with Crippen LogP contribution in [0.25, 0.3) is 0 Å². The molecular formula is C14H22O4. The van der Waals surface area contributed by atoms with Gasteiger partial charge in [0.2, 0.25) is 0 Å². The lowest BCUT2D eigenvalue weighted by molar-refractivity contribution is -0.133. The number of hydrogen-bond acceptors (Lipinski definition) is 3. The van der Waals surface area contributed by atoms with Crippen LogP contribution in [0.15, 0.2) is 23.3 Å². The van der Waals surface area contributed by atoms with Crippen molar-refractivity contribution < 1.29 is 20.1 Å². The van der Waals surface area contributed by atoms with E-state index in [-0.39, 0.29) is 18.1 Å². The lowest BCUT2D eigenvalue weighted by Gasteiger charge is -2.31. The molecule has 2 atom stereocenters. The molecule has 1 aliphatic carbocycles. The number of carbonyl (C=O) groups is 1. The van der Waals surface area contributed by atoms with E-state index in [1.165, 1.54) is 0 Å². The molecule has 4 heteroatoms. The zero-order valence-electron chi connectivity index (χ0n) is 11.0. The van der Waals surface area contributed by atoms with Gasteiger partial charge in [0.25, 0.3) is 0 Å². The molecule has 2 unspecified atom stereocenters. The Hall–Kier alpha value is -1.13. The minimum absolute atomic E-state index is 0.0147. The van der Waals surface area contributed by atoms with Crippen molar-refractivity contribution in [1.82, 2.24) is 0 Å². The molecule has 0 spiro atoms. The van der Waals surface area contributed by atoms with E-state index >= 15 is 0 Å². The number of aliphatic hydroxyl groups excluding tert-OH is 2. The molecule has 0 amide bonds. The van der Waals surface area contributed by atoms with Crippen molar-refractivity contribution in [3.63, 3.8) is 0 Å². The van der Waals surface area contributed by atoms with Crippen molar-refractivity contribution >= 4 is 5.97 Å². The molecule has 102 valence electrons. The molecule has 0 radical (unpaired) electrons. The predicted octanol–water partition coefficient (Wildman–Crippen LogP) is 1.59. The number of hydrogen-bond donors (Lipinski definition) is 3. The SMILES string of the molecule is CC(C)C1CCC(CO)=CC1C=C(CO)C(=O)O. The Bertz CT molecular complexity index is 355. The minimum atomic E-state index is -1.08. The second-order valence-electron chi connectivity index (χ2n) is 5.16. The number of allylic oxidation sites excluding steroid dienone is 2. The molecule has 1 rings (SSSR count). The summed E-state index contributed by atoms with van der Waals surface area (Å²) >= 11 is 0. The summed E-state index contributed by atoms with van der Waals surface area (Å²) in [6, 6.07) is 0. The van der Waals surface area contributed by atoms with Crippen molar-refractivity contribution in [2.75, 3.05) is 13.2 Å². The van der Waals surface area contributed by atoms with Gasteiger partial charge in [-0.15, -0.1) is 0 Å². The van der Waals surface area contributed by atoms with Crippen molar-refractivity contribution in [2.45, 2.75) is 26.7 Å². The quantitative estimate of drug-likeness (QED) is 0.514. The fraction of sp³-hybridized carbons (Fsp3) is 0.643. The van der Waals surface area contributed by atoms with Crippen LogP contribution in [0, 0.1) is 17.8 Å². The first-order valence-corrected chi connectivity index (χ1v) is 6.34. The summed E-state index contributed by atoms with van der Waals surface area (Å²) in [4.78, 5) is 10.9.